The molecule has 7 heteroatoms. The van der Waals surface area contributed by atoms with E-state index in [0.717, 1.165) is 0 Å². The molecule has 0 aliphatic rings. The summed E-state index contributed by atoms with van der Waals surface area (Å²) in [4.78, 5) is 10.6. The van der Waals surface area contributed by atoms with Crippen LogP contribution in [0.25, 0.3) is 0 Å². The first-order valence-corrected chi connectivity index (χ1v) is 5.55. The fourth-order valence-electron chi connectivity index (χ4n) is 1.20. The molecule has 0 aliphatic heterocycles. The van der Waals surface area contributed by atoms with Crippen molar-refractivity contribution in [3.8, 4) is 11.6 Å². The average molecular weight is 313 g/mol. The molecule has 0 aliphatic carbocycles. The molecule has 0 unspecified atom stereocenters. The Bertz CT molecular complexity index is 569. The minimum atomic E-state index is -1.18. The first-order chi connectivity index (χ1) is 8.54. The van der Waals surface area contributed by atoms with Crippen molar-refractivity contribution in [2.45, 2.75) is 0 Å². The lowest BCUT2D eigenvalue weighted by molar-refractivity contribution is 0.0689. The van der Waals surface area contributed by atoms with Crippen molar-refractivity contribution in [2.24, 2.45) is 0 Å². The molecule has 2 aromatic rings. The number of ether oxygens (including phenoxy) is 1. The number of carboxylic acids is 1. The fraction of sp³-hybridized carbons (Fsp3) is 0. The zero-order chi connectivity index (χ0) is 13.1. The lowest BCUT2D eigenvalue weighted by atomic mass is 10.3. The van der Waals surface area contributed by atoms with Gasteiger partial charge in [-0.3, -0.25) is 0 Å². The number of carbonyl (C=O) groups is 1. The molecule has 0 fully saturated rings. The molecule has 0 saturated heterocycles. The van der Waals surface area contributed by atoms with E-state index < -0.39 is 11.8 Å². The highest BCUT2D eigenvalue weighted by Crippen LogP contribution is 2.24. The van der Waals surface area contributed by atoms with Crippen LogP contribution in [-0.4, -0.2) is 21.3 Å². The summed E-state index contributed by atoms with van der Waals surface area (Å²) in [5.41, 5.74) is -0.192. The third-order valence-electron chi connectivity index (χ3n) is 1.92. The van der Waals surface area contributed by atoms with Crippen LogP contribution >= 0.6 is 15.9 Å². The van der Waals surface area contributed by atoms with Crippen LogP contribution in [0.2, 0.25) is 0 Å². The molecule has 5 nitrogen and oxygen atoms in total. The van der Waals surface area contributed by atoms with Crippen molar-refractivity contribution in [3.63, 3.8) is 0 Å². The van der Waals surface area contributed by atoms with Gasteiger partial charge >= 0.3 is 5.97 Å². The van der Waals surface area contributed by atoms with Gasteiger partial charge in [-0.25, -0.2) is 9.18 Å². The molecule has 0 saturated carbocycles. The lowest BCUT2D eigenvalue weighted by Crippen LogP contribution is -2.02. The van der Waals surface area contributed by atoms with E-state index in [1.807, 2.05) is 0 Å². The van der Waals surface area contributed by atoms with Gasteiger partial charge in [0.2, 0.25) is 5.88 Å². The van der Waals surface area contributed by atoms with E-state index in [0.29, 0.717) is 4.47 Å². The first-order valence-electron chi connectivity index (χ1n) is 4.75. The van der Waals surface area contributed by atoms with Crippen molar-refractivity contribution < 1.29 is 19.0 Å². The van der Waals surface area contributed by atoms with Crippen LogP contribution in [0.5, 0.6) is 11.6 Å². The summed E-state index contributed by atoms with van der Waals surface area (Å²) < 4.78 is 18.8. The summed E-state index contributed by atoms with van der Waals surface area (Å²) in [5.74, 6) is -1.33. The minimum absolute atomic E-state index is 0.0810. The van der Waals surface area contributed by atoms with E-state index in [-0.39, 0.29) is 17.3 Å². The summed E-state index contributed by atoms with van der Waals surface area (Å²) in [5, 5.41) is 15.6. The highest BCUT2D eigenvalue weighted by molar-refractivity contribution is 9.10. The summed E-state index contributed by atoms with van der Waals surface area (Å²) in [6.45, 7) is 0. The molecule has 0 bridgehead atoms. The number of carboxylic acid groups (broad SMARTS) is 1. The molecule has 92 valence electrons. The fourth-order valence-corrected chi connectivity index (χ4v) is 1.64. The number of hydrogen-bond acceptors (Lipinski definition) is 4. The Labute approximate surface area is 109 Å². The van der Waals surface area contributed by atoms with E-state index in [2.05, 4.69) is 26.1 Å². The summed E-state index contributed by atoms with van der Waals surface area (Å²) in [6, 6.07) is 6.60. The number of benzene rings is 1. The molecule has 18 heavy (non-hydrogen) atoms. The quantitative estimate of drug-likeness (QED) is 0.943. The number of nitrogens with zero attached hydrogens (tertiary/aromatic N) is 2. The third-order valence-corrected chi connectivity index (χ3v) is 2.38. The molecular weight excluding hydrogens is 307 g/mol. The van der Waals surface area contributed by atoms with Gasteiger partial charge in [0, 0.05) is 16.6 Å². The smallest absolute Gasteiger partial charge is 0.356 e. The van der Waals surface area contributed by atoms with Crippen molar-refractivity contribution >= 4 is 21.9 Å². The molecule has 1 N–H and O–H groups in total. The largest absolute Gasteiger partial charge is 0.476 e. The average Bonchev–Trinajstić information content (AvgIpc) is 2.28. The Morgan fingerprint density at radius 1 is 1.28 bits per heavy atom. The van der Waals surface area contributed by atoms with Crippen LogP contribution in [0.15, 0.2) is 34.8 Å². The van der Waals surface area contributed by atoms with E-state index in [1.54, 1.807) is 6.07 Å². The standard InChI is InChI=1S/C11H6BrFN2O3/c12-6-3-7(13)5-8(4-6)18-10-2-1-9(11(16)17)14-15-10/h1-5H,(H,16,17). The van der Waals surface area contributed by atoms with Crippen LogP contribution in [0, 0.1) is 5.82 Å². The predicted molar refractivity (Wildman–Crippen MR) is 63.2 cm³/mol. The van der Waals surface area contributed by atoms with Crippen LogP contribution in [-0.2, 0) is 0 Å². The van der Waals surface area contributed by atoms with Crippen molar-refractivity contribution in [3.05, 3.63) is 46.3 Å². The Hall–Kier alpha value is -2.02. The molecule has 1 aromatic heterocycles. The lowest BCUT2D eigenvalue weighted by Gasteiger charge is -2.04. The van der Waals surface area contributed by atoms with E-state index in [1.165, 1.54) is 24.3 Å². The second kappa shape index (κ2) is 5.09. The van der Waals surface area contributed by atoms with Crippen LogP contribution in [0.4, 0.5) is 4.39 Å². The van der Waals surface area contributed by atoms with Crippen LogP contribution in [0.3, 0.4) is 0 Å². The number of rotatable bonds is 3. The van der Waals surface area contributed by atoms with Gasteiger partial charge in [-0.1, -0.05) is 15.9 Å². The van der Waals surface area contributed by atoms with Crippen molar-refractivity contribution in [2.75, 3.05) is 0 Å². The SMILES string of the molecule is O=C(O)c1ccc(Oc2cc(F)cc(Br)c2)nn1. The van der Waals surface area contributed by atoms with Gasteiger partial charge in [0.25, 0.3) is 0 Å². The number of halogens is 2. The highest BCUT2D eigenvalue weighted by atomic mass is 79.9. The van der Waals surface area contributed by atoms with E-state index in [9.17, 15) is 9.18 Å². The van der Waals surface area contributed by atoms with Gasteiger partial charge in [-0.15, -0.1) is 10.2 Å². The van der Waals surface area contributed by atoms with Crippen LogP contribution < -0.4 is 4.74 Å². The first kappa shape index (κ1) is 12.4. The molecule has 0 radical (unpaired) electrons. The molecule has 0 amide bonds. The molecular formula is C11H6BrFN2O3. The third kappa shape index (κ3) is 3.01. The maximum atomic E-state index is 13.1. The van der Waals surface area contributed by atoms with Gasteiger partial charge in [-0.05, 0) is 18.2 Å². The summed E-state index contributed by atoms with van der Waals surface area (Å²) in [7, 11) is 0. The maximum absolute atomic E-state index is 13.1. The van der Waals surface area contributed by atoms with Gasteiger partial charge in [0.1, 0.15) is 11.6 Å². The Kier molecular flexibility index (Phi) is 3.52. The Morgan fingerprint density at radius 3 is 2.61 bits per heavy atom. The number of hydrogen-bond donors (Lipinski definition) is 1. The molecule has 1 heterocycles. The highest BCUT2D eigenvalue weighted by Gasteiger charge is 2.07. The van der Waals surface area contributed by atoms with Crippen molar-refractivity contribution in [1.82, 2.24) is 10.2 Å². The summed E-state index contributed by atoms with van der Waals surface area (Å²) >= 11 is 3.12. The van der Waals surface area contributed by atoms with Gasteiger partial charge in [-0.2, -0.15) is 0 Å². The van der Waals surface area contributed by atoms with Crippen molar-refractivity contribution in [1.29, 1.82) is 0 Å². The number of aromatic carboxylic acids is 1. The Balaban J connectivity index is 2.20. The van der Waals surface area contributed by atoms with E-state index in [4.69, 9.17) is 9.84 Å². The van der Waals surface area contributed by atoms with Gasteiger partial charge in [0.15, 0.2) is 5.69 Å². The van der Waals surface area contributed by atoms with Gasteiger partial charge < -0.3 is 9.84 Å². The van der Waals surface area contributed by atoms with E-state index >= 15 is 0 Å². The second-order valence-electron chi connectivity index (χ2n) is 3.27. The monoisotopic (exact) mass is 312 g/mol. The Morgan fingerprint density at radius 2 is 2.06 bits per heavy atom. The molecule has 0 atom stereocenters. The zero-order valence-corrected chi connectivity index (χ0v) is 10.4. The summed E-state index contributed by atoms with van der Waals surface area (Å²) in [6.07, 6.45) is 0. The molecule has 2 rings (SSSR count). The second-order valence-corrected chi connectivity index (χ2v) is 4.18. The van der Waals surface area contributed by atoms with Gasteiger partial charge in [0.05, 0.1) is 0 Å². The van der Waals surface area contributed by atoms with Crippen LogP contribution in [0.1, 0.15) is 10.5 Å². The zero-order valence-electron chi connectivity index (χ0n) is 8.80. The maximum Gasteiger partial charge on any atom is 0.356 e. The predicted octanol–water partition coefficient (Wildman–Crippen LogP) is 2.87. The number of aromatic nitrogens is 2. The topological polar surface area (TPSA) is 72.3 Å². The normalized spacial score (nSPS) is 10.1. The molecule has 1 aromatic carbocycles. The minimum Gasteiger partial charge on any atom is -0.476 e. The molecule has 0 spiro atoms.